The van der Waals surface area contributed by atoms with Crippen molar-refractivity contribution in [3.05, 3.63) is 40.1 Å². The van der Waals surface area contributed by atoms with Crippen LogP contribution >= 0.6 is 11.3 Å². The zero-order valence-electron chi connectivity index (χ0n) is 10.7. The molecular formula is C14H15N3OS. The van der Waals surface area contributed by atoms with Gasteiger partial charge >= 0.3 is 0 Å². The lowest BCUT2D eigenvalue weighted by atomic mass is 9.90. The highest BCUT2D eigenvalue weighted by molar-refractivity contribution is 7.09. The van der Waals surface area contributed by atoms with Gasteiger partial charge in [-0.2, -0.15) is 0 Å². The second kappa shape index (κ2) is 5.09. The van der Waals surface area contributed by atoms with Gasteiger partial charge in [0, 0.05) is 28.4 Å². The van der Waals surface area contributed by atoms with E-state index in [9.17, 15) is 4.79 Å². The van der Waals surface area contributed by atoms with Gasteiger partial charge in [0.25, 0.3) is 0 Å². The fraction of sp³-hybridized carbons (Fsp3) is 0.357. The summed E-state index contributed by atoms with van der Waals surface area (Å²) in [6.07, 6.45) is 4.32. The number of aromatic nitrogens is 2. The maximum Gasteiger partial charge on any atom is 0.227 e. The summed E-state index contributed by atoms with van der Waals surface area (Å²) in [4.78, 5) is 22.0. The molecular weight excluding hydrogens is 258 g/mol. The average molecular weight is 273 g/mol. The third-order valence-corrected chi connectivity index (χ3v) is 4.32. The van der Waals surface area contributed by atoms with Crippen LogP contribution in [0.15, 0.2) is 23.8 Å². The fourth-order valence-corrected chi connectivity index (χ4v) is 3.29. The minimum atomic E-state index is 0.0569. The van der Waals surface area contributed by atoms with E-state index < -0.39 is 0 Å². The first-order valence-corrected chi connectivity index (χ1v) is 7.25. The largest absolute Gasteiger partial charge is 0.326 e. The molecule has 0 bridgehead atoms. The molecule has 98 valence electrons. The number of rotatable bonds is 2. The molecule has 0 fully saturated rings. The van der Waals surface area contributed by atoms with Crippen LogP contribution in [0.25, 0.3) is 0 Å². The second-order valence-corrected chi connectivity index (χ2v) is 5.78. The lowest BCUT2D eigenvalue weighted by molar-refractivity contribution is -0.120. The van der Waals surface area contributed by atoms with E-state index in [1.54, 1.807) is 17.5 Å². The molecule has 19 heavy (non-hydrogen) atoms. The number of hydrogen-bond donors (Lipinski definition) is 1. The van der Waals surface area contributed by atoms with Crippen LogP contribution in [0.2, 0.25) is 0 Å². The van der Waals surface area contributed by atoms with Crippen LogP contribution in [0.1, 0.15) is 22.7 Å². The van der Waals surface area contributed by atoms with E-state index in [4.69, 9.17) is 0 Å². The van der Waals surface area contributed by atoms with Gasteiger partial charge in [0.1, 0.15) is 0 Å². The molecule has 1 aliphatic rings. The van der Waals surface area contributed by atoms with Crippen molar-refractivity contribution in [2.45, 2.75) is 26.2 Å². The molecule has 0 radical (unpaired) electrons. The van der Waals surface area contributed by atoms with Crippen LogP contribution in [-0.4, -0.2) is 15.9 Å². The molecule has 3 rings (SSSR count). The maximum atomic E-state index is 12.3. The molecule has 1 unspecified atom stereocenters. The lowest BCUT2D eigenvalue weighted by Gasteiger charge is -2.20. The summed E-state index contributed by atoms with van der Waals surface area (Å²) in [6.45, 7) is 1.92. The molecule has 0 aromatic carbocycles. The Morgan fingerprint density at radius 3 is 3.21 bits per heavy atom. The first-order chi connectivity index (χ1) is 9.22. The Hall–Kier alpha value is -1.75. The van der Waals surface area contributed by atoms with Gasteiger partial charge in [0.15, 0.2) is 0 Å². The topological polar surface area (TPSA) is 54.9 Å². The summed E-state index contributed by atoms with van der Waals surface area (Å²) < 4.78 is 0. The second-order valence-electron chi connectivity index (χ2n) is 4.84. The van der Waals surface area contributed by atoms with Crippen molar-refractivity contribution in [3.63, 3.8) is 0 Å². The summed E-state index contributed by atoms with van der Waals surface area (Å²) in [7, 11) is 0. The number of nitrogens with one attached hydrogen (secondary N) is 1. The third kappa shape index (κ3) is 2.66. The molecule has 2 aromatic heterocycles. The summed E-state index contributed by atoms with van der Waals surface area (Å²) in [5.41, 5.74) is 4.78. The Labute approximate surface area is 115 Å². The highest BCUT2D eigenvalue weighted by Crippen LogP contribution is 2.28. The van der Waals surface area contributed by atoms with Gasteiger partial charge in [-0.05, 0) is 38.3 Å². The van der Waals surface area contributed by atoms with Crippen molar-refractivity contribution in [2.24, 2.45) is 5.92 Å². The Kier molecular flexibility index (Phi) is 3.29. The van der Waals surface area contributed by atoms with Crippen molar-refractivity contribution in [2.75, 3.05) is 5.32 Å². The Balaban J connectivity index is 1.69. The van der Waals surface area contributed by atoms with Gasteiger partial charge in [0.2, 0.25) is 5.91 Å². The number of carbonyl (C=O) groups is 1. The number of pyridine rings is 1. The number of anilines is 1. The minimum Gasteiger partial charge on any atom is -0.326 e. The monoisotopic (exact) mass is 273 g/mol. The van der Waals surface area contributed by atoms with Crippen LogP contribution in [0.4, 0.5) is 5.69 Å². The van der Waals surface area contributed by atoms with Crippen molar-refractivity contribution >= 4 is 22.9 Å². The quantitative estimate of drug-likeness (QED) is 0.915. The fourth-order valence-electron chi connectivity index (χ4n) is 2.39. The third-order valence-electron chi connectivity index (χ3n) is 3.42. The number of thiazole rings is 1. The predicted octanol–water partition coefficient (Wildman–Crippen LogP) is 2.59. The number of carbonyl (C=O) groups excluding carboxylic acids is 1. The van der Waals surface area contributed by atoms with Crippen LogP contribution in [0, 0.1) is 12.8 Å². The molecule has 4 nitrogen and oxygen atoms in total. The number of fused-ring (bicyclic) bond motifs is 1. The van der Waals surface area contributed by atoms with Gasteiger partial charge in [-0.3, -0.25) is 9.78 Å². The summed E-state index contributed by atoms with van der Waals surface area (Å²) >= 11 is 1.65. The van der Waals surface area contributed by atoms with Gasteiger partial charge in [0.05, 0.1) is 11.2 Å². The van der Waals surface area contributed by atoms with Gasteiger partial charge in [-0.15, -0.1) is 11.3 Å². The van der Waals surface area contributed by atoms with E-state index in [0.717, 1.165) is 30.6 Å². The standard InChI is InChI=1S/C14H15N3OS/c1-9-6-11(4-5-15-9)17-14(18)10-2-3-12-13(7-10)19-8-16-12/h4-6,8,10H,2-3,7H2,1H3,(H,15,17,18). The van der Waals surface area contributed by atoms with Gasteiger partial charge in [-0.25, -0.2) is 4.98 Å². The molecule has 0 spiro atoms. The van der Waals surface area contributed by atoms with E-state index >= 15 is 0 Å². The minimum absolute atomic E-state index is 0.0569. The van der Waals surface area contributed by atoms with E-state index in [-0.39, 0.29) is 11.8 Å². The van der Waals surface area contributed by atoms with Crippen molar-refractivity contribution in [1.29, 1.82) is 0 Å². The van der Waals surface area contributed by atoms with Crippen LogP contribution in [0.3, 0.4) is 0 Å². The maximum absolute atomic E-state index is 12.3. The molecule has 2 aromatic rings. The number of nitrogens with zero attached hydrogens (tertiary/aromatic N) is 2. The van der Waals surface area contributed by atoms with E-state index in [0.29, 0.717) is 0 Å². The van der Waals surface area contributed by atoms with E-state index in [2.05, 4.69) is 15.3 Å². The van der Waals surface area contributed by atoms with E-state index in [1.807, 2.05) is 24.6 Å². The number of hydrogen-bond acceptors (Lipinski definition) is 4. The number of amides is 1. The summed E-state index contributed by atoms with van der Waals surface area (Å²) in [6, 6.07) is 3.71. The highest BCUT2D eigenvalue weighted by atomic mass is 32.1. The first-order valence-electron chi connectivity index (χ1n) is 6.37. The summed E-state index contributed by atoms with van der Waals surface area (Å²) in [5.74, 6) is 0.158. The van der Waals surface area contributed by atoms with Crippen molar-refractivity contribution < 1.29 is 4.79 Å². The molecule has 0 saturated heterocycles. The molecule has 1 aliphatic carbocycles. The average Bonchev–Trinajstić information content (AvgIpc) is 2.85. The lowest BCUT2D eigenvalue weighted by Crippen LogP contribution is -2.27. The van der Waals surface area contributed by atoms with Crippen LogP contribution in [-0.2, 0) is 17.6 Å². The Bertz CT molecular complexity index is 608. The molecule has 1 atom stereocenters. The van der Waals surface area contributed by atoms with Gasteiger partial charge < -0.3 is 5.32 Å². The molecule has 0 aliphatic heterocycles. The molecule has 2 heterocycles. The number of aryl methyl sites for hydroxylation is 2. The van der Waals surface area contributed by atoms with E-state index in [1.165, 1.54) is 10.6 Å². The summed E-state index contributed by atoms with van der Waals surface area (Å²) in [5, 5.41) is 2.98. The molecule has 1 amide bonds. The zero-order chi connectivity index (χ0) is 13.2. The van der Waals surface area contributed by atoms with Crippen LogP contribution < -0.4 is 5.32 Å². The first kappa shape index (κ1) is 12.3. The van der Waals surface area contributed by atoms with Crippen molar-refractivity contribution in [3.8, 4) is 0 Å². The zero-order valence-corrected chi connectivity index (χ0v) is 11.5. The van der Waals surface area contributed by atoms with Crippen molar-refractivity contribution in [1.82, 2.24) is 9.97 Å². The predicted molar refractivity (Wildman–Crippen MR) is 75.2 cm³/mol. The molecule has 5 heteroatoms. The van der Waals surface area contributed by atoms with Crippen LogP contribution in [0.5, 0.6) is 0 Å². The Morgan fingerprint density at radius 1 is 1.47 bits per heavy atom. The molecule has 1 N–H and O–H groups in total. The Morgan fingerprint density at radius 2 is 2.37 bits per heavy atom. The highest BCUT2D eigenvalue weighted by Gasteiger charge is 2.26. The smallest absolute Gasteiger partial charge is 0.227 e. The molecule has 0 saturated carbocycles. The SMILES string of the molecule is Cc1cc(NC(=O)C2CCc3ncsc3C2)ccn1. The normalized spacial score (nSPS) is 17.8. The van der Waals surface area contributed by atoms with Gasteiger partial charge in [-0.1, -0.05) is 0 Å².